The van der Waals surface area contributed by atoms with Crippen LogP contribution < -0.4 is 0 Å². The minimum Gasteiger partial charge on any atom is -0.394 e. The maximum Gasteiger partial charge on any atom is 0.397 e. The summed E-state index contributed by atoms with van der Waals surface area (Å²) in [5.41, 5.74) is 0. The molecule has 7 heteroatoms. The van der Waals surface area contributed by atoms with Crippen LogP contribution in [0, 0.1) is 0 Å². The number of hydrogen-bond acceptors (Lipinski definition) is 4. The molecule has 0 rings (SSSR count). The summed E-state index contributed by atoms with van der Waals surface area (Å²) >= 11 is 0. The predicted octanol–water partition coefficient (Wildman–Crippen LogP) is -1.20. The van der Waals surface area contributed by atoms with E-state index in [2.05, 4.69) is 4.18 Å². The fraction of sp³-hybridized carbons (Fsp3) is 1.00. The standard InChI is InChI=1S/C2H6O5S.Cu/c3-1-2-7-8(4,5)6;/h3H,1-2H2,(H,4,5,6);. The quantitative estimate of drug-likeness (QED) is 0.447. The van der Waals surface area contributed by atoms with Crippen LogP contribution in [0.3, 0.4) is 0 Å². The molecule has 0 saturated heterocycles. The Bertz CT molecular complexity index is 139. The summed E-state index contributed by atoms with van der Waals surface area (Å²) < 4.78 is 30.7. The van der Waals surface area contributed by atoms with Crippen molar-refractivity contribution < 1.29 is 39.3 Å². The molecule has 0 aliphatic heterocycles. The zero-order valence-corrected chi connectivity index (χ0v) is 6.00. The van der Waals surface area contributed by atoms with E-state index in [4.69, 9.17) is 9.66 Å². The van der Waals surface area contributed by atoms with Gasteiger partial charge in [-0.05, 0) is 0 Å². The second-order valence-corrected chi connectivity index (χ2v) is 2.06. The van der Waals surface area contributed by atoms with Gasteiger partial charge in [-0.25, -0.2) is 4.18 Å². The number of aliphatic hydroxyl groups is 1. The molecule has 0 bridgehead atoms. The van der Waals surface area contributed by atoms with Crippen LogP contribution >= 0.6 is 0 Å². The molecule has 0 unspecified atom stereocenters. The summed E-state index contributed by atoms with van der Waals surface area (Å²) in [4.78, 5) is 0. The molecule has 0 atom stereocenters. The topological polar surface area (TPSA) is 83.8 Å². The molecular weight excluding hydrogens is 200 g/mol. The first kappa shape index (κ1) is 12.1. The van der Waals surface area contributed by atoms with Crippen LogP contribution in [0.25, 0.3) is 0 Å². The van der Waals surface area contributed by atoms with Gasteiger partial charge in [-0.15, -0.1) is 0 Å². The van der Waals surface area contributed by atoms with Gasteiger partial charge in [0.15, 0.2) is 0 Å². The van der Waals surface area contributed by atoms with E-state index < -0.39 is 23.6 Å². The molecule has 0 amide bonds. The van der Waals surface area contributed by atoms with E-state index in [-0.39, 0.29) is 17.1 Å². The van der Waals surface area contributed by atoms with Gasteiger partial charge in [0.2, 0.25) is 0 Å². The monoisotopic (exact) mass is 205 g/mol. The zero-order chi connectivity index (χ0) is 6.62. The first-order chi connectivity index (χ1) is 3.56. The van der Waals surface area contributed by atoms with Gasteiger partial charge >= 0.3 is 10.4 Å². The fourth-order valence-corrected chi connectivity index (χ4v) is 0.428. The van der Waals surface area contributed by atoms with Crippen LogP contribution in [0.5, 0.6) is 0 Å². The minimum absolute atomic E-state index is 0. The average molecular weight is 206 g/mol. The number of hydrogen-bond donors (Lipinski definition) is 2. The van der Waals surface area contributed by atoms with Crippen molar-refractivity contribution >= 4 is 10.4 Å². The molecule has 5 nitrogen and oxygen atoms in total. The number of aliphatic hydroxyl groups excluding tert-OH is 1. The van der Waals surface area contributed by atoms with Crippen LogP contribution in [-0.4, -0.2) is 31.3 Å². The average Bonchev–Trinajstić information content (AvgIpc) is 1.59. The molecule has 61 valence electrons. The summed E-state index contributed by atoms with van der Waals surface area (Å²) in [5.74, 6) is 0. The molecular formula is C2H6CuO5S. The third-order valence-corrected chi connectivity index (χ3v) is 0.788. The molecule has 0 heterocycles. The Labute approximate surface area is 63.4 Å². The van der Waals surface area contributed by atoms with E-state index in [0.29, 0.717) is 0 Å². The molecule has 0 aromatic rings. The predicted molar refractivity (Wildman–Crippen MR) is 24.6 cm³/mol. The summed E-state index contributed by atoms with van der Waals surface area (Å²) in [6.45, 7) is -0.835. The molecule has 0 aromatic carbocycles. The van der Waals surface area contributed by atoms with Crippen molar-refractivity contribution in [3.8, 4) is 0 Å². The van der Waals surface area contributed by atoms with Gasteiger partial charge in [0, 0.05) is 17.1 Å². The molecule has 0 saturated carbocycles. The van der Waals surface area contributed by atoms with Crippen molar-refractivity contribution in [1.29, 1.82) is 0 Å². The second kappa shape index (κ2) is 5.16. The zero-order valence-electron chi connectivity index (χ0n) is 4.24. The molecule has 0 aliphatic rings. The number of rotatable bonds is 3. The van der Waals surface area contributed by atoms with Crippen molar-refractivity contribution in [2.24, 2.45) is 0 Å². The molecule has 0 spiro atoms. The maximum absolute atomic E-state index is 9.61. The van der Waals surface area contributed by atoms with Crippen molar-refractivity contribution in [2.75, 3.05) is 13.2 Å². The van der Waals surface area contributed by atoms with Gasteiger partial charge in [-0.3, -0.25) is 4.55 Å². The van der Waals surface area contributed by atoms with Crippen molar-refractivity contribution in [1.82, 2.24) is 0 Å². The van der Waals surface area contributed by atoms with Crippen LogP contribution in [-0.2, 0) is 31.7 Å². The van der Waals surface area contributed by atoms with Crippen molar-refractivity contribution in [3.63, 3.8) is 0 Å². The van der Waals surface area contributed by atoms with Crippen LogP contribution in [0.2, 0.25) is 0 Å². The normalized spacial score (nSPS) is 10.4. The van der Waals surface area contributed by atoms with E-state index in [1.165, 1.54) is 0 Å². The third kappa shape index (κ3) is 11.8. The van der Waals surface area contributed by atoms with Crippen LogP contribution in [0.1, 0.15) is 0 Å². The third-order valence-electron chi connectivity index (χ3n) is 0.324. The molecule has 0 fully saturated rings. The Kier molecular flexibility index (Phi) is 6.92. The Morgan fingerprint density at radius 3 is 2.00 bits per heavy atom. The minimum atomic E-state index is -4.35. The Morgan fingerprint density at radius 2 is 1.89 bits per heavy atom. The van der Waals surface area contributed by atoms with E-state index in [9.17, 15) is 8.42 Å². The summed E-state index contributed by atoms with van der Waals surface area (Å²) in [6, 6.07) is 0. The molecule has 1 radical (unpaired) electrons. The van der Waals surface area contributed by atoms with E-state index in [1.54, 1.807) is 0 Å². The first-order valence-corrected chi connectivity index (χ1v) is 3.15. The summed E-state index contributed by atoms with van der Waals surface area (Å²) in [6.07, 6.45) is 0. The molecule has 2 N–H and O–H groups in total. The summed E-state index contributed by atoms with van der Waals surface area (Å²) in [5, 5.41) is 7.93. The fourth-order valence-electron chi connectivity index (χ4n) is 0.143. The van der Waals surface area contributed by atoms with Crippen molar-refractivity contribution in [3.05, 3.63) is 0 Å². The van der Waals surface area contributed by atoms with E-state index >= 15 is 0 Å². The Morgan fingerprint density at radius 1 is 1.44 bits per heavy atom. The van der Waals surface area contributed by atoms with E-state index in [1.807, 2.05) is 0 Å². The van der Waals surface area contributed by atoms with Crippen LogP contribution in [0.4, 0.5) is 0 Å². The van der Waals surface area contributed by atoms with Gasteiger partial charge in [-0.1, -0.05) is 0 Å². The Hall–Kier alpha value is 0.349. The first-order valence-electron chi connectivity index (χ1n) is 1.79. The smallest absolute Gasteiger partial charge is 0.394 e. The van der Waals surface area contributed by atoms with Crippen LogP contribution in [0.15, 0.2) is 0 Å². The van der Waals surface area contributed by atoms with Gasteiger partial charge < -0.3 is 5.11 Å². The second-order valence-electron chi connectivity index (χ2n) is 0.973. The molecule has 0 aromatic heterocycles. The largest absolute Gasteiger partial charge is 0.397 e. The van der Waals surface area contributed by atoms with Gasteiger partial charge in [0.05, 0.1) is 13.2 Å². The molecule has 9 heavy (non-hydrogen) atoms. The van der Waals surface area contributed by atoms with Gasteiger partial charge in [0.25, 0.3) is 0 Å². The van der Waals surface area contributed by atoms with Gasteiger partial charge in [0.1, 0.15) is 0 Å². The van der Waals surface area contributed by atoms with E-state index in [0.717, 1.165) is 0 Å². The van der Waals surface area contributed by atoms with Crippen molar-refractivity contribution in [2.45, 2.75) is 0 Å². The maximum atomic E-state index is 9.61. The summed E-state index contributed by atoms with van der Waals surface area (Å²) in [7, 11) is -4.35. The Balaban J connectivity index is 0. The SMILES string of the molecule is O=S(=O)(O)OCCO.[Cu]. The van der Waals surface area contributed by atoms with Gasteiger partial charge in [-0.2, -0.15) is 8.42 Å². The molecule has 0 aliphatic carbocycles.